The number of aldehydes is 1. The lowest BCUT2D eigenvalue weighted by Crippen LogP contribution is -2.58. The van der Waals surface area contributed by atoms with E-state index < -0.39 is 48.2 Å². The van der Waals surface area contributed by atoms with Crippen molar-refractivity contribution in [1.82, 2.24) is 15.5 Å². The van der Waals surface area contributed by atoms with Crippen LogP contribution in [0.2, 0.25) is 5.02 Å². The summed E-state index contributed by atoms with van der Waals surface area (Å²) >= 11 is 5.93. The van der Waals surface area contributed by atoms with Gasteiger partial charge >= 0.3 is 5.97 Å². The molecule has 0 radical (unpaired) electrons. The summed E-state index contributed by atoms with van der Waals surface area (Å²) in [4.78, 5) is 61.3. The number of anilines is 1. The van der Waals surface area contributed by atoms with Crippen LogP contribution in [0, 0.1) is 0 Å². The molecule has 1 fully saturated rings. The SMILES string of the molecule is C[C@H](NC(=O)c1ccc(N)c(Cl)c1)C(=O)N1CCCC[C@H]1C(=O)N[C@H](C=O)CC(=O)O. The van der Waals surface area contributed by atoms with E-state index in [0.717, 1.165) is 0 Å². The second-order valence-corrected chi connectivity index (χ2v) is 7.73. The highest BCUT2D eigenvalue weighted by atomic mass is 35.5. The standard InChI is InChI=1S/C20H25ClN4O6/c1-11(23-18(29)12-5-6-15(22)14(21)8-12)20(31)25-7-3-2-4-16(25)19(30)24-13(10-26)9-17(27)28/h5-6,8,10-11,13,16H,2-4,7,9,22H2,1H3,(H,23,29)(H,24,30)(H,27,28)/t11-,13-,16-/m0/s1. The van der Waals surface area contributed by atoms with Crippen LogP contribution in [-0.2, 0) is 19.2 Å². The van der Waals surface area contributed by atoms with Crippen LogP contribution in [0.3, 0.4) is 0 Å². The van der Waals surface area contributed by atoms with Crippen LogP contribution < -0.4 is 16.4 Å². The van der Waals surface area contributed by atoms with Crippen molar-refractivity contribution in [3.05, 3.63) is 28.8 Å². The highest BCUT2D eigenvalue weighted by Gasteiger charge is 2.35. The highest BCUT2D eigenvalue weighted by molar-refractivity contribution is 6.33. The van der Waals surface area contributed by atoms with Gasteiger partial charge in [0.15, 0.2) is 0 Å². The Morgan fingerprint density at radius 2 is 2.00 bits per heavy atom. The van der Waals surface area contributed by atoms with Gasteiger partial charge in [-0.25, -0.2) is 0 Å². The van der Waals surface area contributed by atoms with Crippen LogP contribution in [0.1, 0.15) is 43.0 Å². The molecule has 168 valence electrons. The Morgan fingerprint density at radius 1 is 1.29 bits per heavy atom. The van der Waals surface area contributed by atoms with Gasteiger partial charge in [0.1, 0.15) is 18.4 Å². The Hall–Kier alpha value is -3.14. The average Bonchev–Trinajstić information content (AvgIpc) is 2.74. The summed E-state index contributed by atoms with van der Waals surface area (Å²) in [7, 11) is 0. The summed E-state index contributed by atoms with van der Waals surface area (Å²) in [5, 5.41) is 14.0. The molecule has 0 unspecified atom stereocenters. The number of aliphatic carboxylic acids is 1. The Morgan fingerprint density at radius 3 is 2.61 bits per heavy atom. The van der Waals surface area contributed by atoms with Crippen LogP contribution in [0.15, 0.2) is 18.2 Å². The molecule has 11 heteroatoms. The Bertz CT molecular complexity index is 877. The number of carboxylic acids is 1. The highest BCUT2D eigenvalue weighted by Crippen LogP contribution is 2.21. The van der Waals surface area contributed by atoms with Crippen molar-refractivity contribution in [2.24, 2.45) is 0 Å². The number of piperidine rings is 1. The van der Waals surface area contributed by atoms with Gasteiger partial charge in [-0.15, -0.1) is 0 Å². The summed E-state index contributed by atoms with van der Waals surface area (Å²) in [6, 6.07) is 1.38. The third-order valence-electron chi connectivity index (χ3n) is 4.96. The van der Waals surface area contributed by atoms with Gasteiger partial charge in [-0.1, -0.05) is 11.6 Å². The number of rotatable bonds is 8. The smallest absolute Gasteiger partial charge is 0.305 e. The first-order chi connectivity index (χ1) is 14.6. The quantitative estimate of drug-likeness (QED) is 0.331. The number of hydrogen-bond acceptors (Lipinski definition) is 6. The van der Waals surface area contributed by atoms with E-state index in [4.69, 9.17) is 22.4 Å². The van der Waals surface area contributed by atoms with Gasteiger partial charge in [0.2, 0.25) is 11.8 Å². The Kier molecular flexibility index (Phi) is 8.38. The first-order valence-corrected chi connectivity index (χ1v) is 10.2. The molecule has 2 rings (SSSR count). The van der Waals surface area contributed by atoms with Crippen molar-refractivity contribution in [2.45, 2.75) is 50.7 Å². The molecular weight excluding hydrogens is 428 g/mol. The Labute approximate surface area is 184 Å². The third kappa shape index (κ3) is 6.42. The summed E-state index contributed by atoms with van der Waals surface area (Å²) in [5.74, 6) is -2.82. The lowest BCUT2D eigenvalue weighted by molar-refractivity contribution is -0.144. The van der Waals surface area contributed by atoms with Crippen molar-refractivity contribution in [3.63, 3.8) is 0 Å². The van der Waals surface area contributed by atoms with E-state index in [0.29, 0.717) is 37.8 Å². The van der Waals surface area contributed by atoms with Gasteiger partial charge in [0, 0.05) is 12.1 Å². The molecule has 1 aromatic rings. The Balaban J connectivity index is 2.06. The van der Waals surface area contributed by atoms with E-state index in [1.807, 2.05) is 0 Å². The molecule has 1 aliphatic heterocycles. The number of halogens is 1. The molecule has 0 aromatic heterocycles. The van der Waals surface area contributed by atoms with Crippen molar-refractivity contribution in [3.8, 4) is 0 Å². The summed E-state index contributed by atoms with van der Waals surface area (Å²) in [6.07, 6.45) is 1.53. The fourth-order valence-corrected chi connectivity index (χ4v) is 3.51. The minimum Gasteiger partial charge on any atom is -0.481 e. The van der Waals surface area contributed by atoms with Gasteiger partial charge in [0.05, 0.1) is 23.2 Å². The minimum absolute atomic E-state index is 0.213. The molecule has 0 bridgehead atoms. The lowest BCUT2D eigenvalue weighted by atomic mass is 9.99. The number of likely N-dealkylation sites (tertiary alicyclic amines) is 1. The molecule has 1 aromatic carbocycles. The van der Waals surface area contributed by atoms with Crippen LogP contribution in [0.5, 0.6) is 0 Å². The van der Waals surface area contributed by atoms with Crippen LogP contribution in [-0.4, -0.2) is 64.7 Å². The van der Waals surface area contributed by atoms with E-state index in [1.165, 1.54) is 30.0 Å². The largest absolute Gasteiger partial charge is 0.481 e. The van der Waals surface area contributed by atoms with Gasteiger partial charge in [-0.05, 0) is 44.4 Å². The summed E-state index contributed by atoms with van der Waals surface area (Å²) < 4.78 is 0. The zero-order chi connectivity index (χ0) is 23.1. The number of carbonyl (C=O) groups excluding carboxylic acids is 4. The molecule has 3 amide bonds. The molecule has 1 aliphatic rings. The van der Waals surface area contributed by atoms with Crippen molar-refractivity contribution in [1.29, 1.82) is 0 Å². The molecule has 0 aliphatic carbocycles. The molecule has 31 heavy (non-hydrogen) atoms. The molecule has 3 atom stereocenters. The predicted octanol–water partition coefficient (Wildman–Crippen LogP) is 0.580. The van der Waals surface area contributed by atoms with E-state index in [-0.39, 0.29) is 10.6 Å². The maximum atomic E-state index is 13.0. The molecule has 1 saturated heterocycles. The van der Waals surface area contributed by atoms with Crippen LogP contribution >= 0.6 is 11.6 Å². The molecule has 10 nitrogen and oxygen atoms in total. The van der Waals surface area contributed by atoms with Gasteiger partial charge in [0.25, 0.3) is 5.91 Å². The summed E-state index contributed by atoms with van der Waals surface area (Å²) in [6.45, 7) is 1.80. The van der Waals surface area contributed by atoms with E-state index in [9.17, 15) is 24.0 Å². The normalized spacial score (nSPS) is 17.9. The number of nitrogens with one attached hydrogen (secondary N) is 2. The predicted molar refractivity (Wildman–Crippen MR) is 112 cm³/mol. The fourth-order valence-electron chi connectivity index (χ4n) is 3.33. The molecular formula is C20H25ClN4O6. The molecule has 0 spiro atoms. The minimum atomic E-state index is -1.23. The number of carbonyl (C=O) groups is 5. The molecule has 0 saturated carbocycles. The number of benzene rings is 1. The van der Waals surface area contributed by atoms with Crippen molar-refractivity contribution >= 4 is 47.3 Å². The summed E-state index contributed by atoms with van der Waals surface area (Å²) in [5.41, 5.74) is 6.19. The van der Waals surface area contributed by atoms with Crippen LogP contribution in [0.4, 0.5) is 5.69 Å². The monoisotopic (exact) mass is 452 g/mol. The number of nitrogens with zero attached hydrogens (tertiary/aromatic N) is 1. The van der Waals surface area contributed by atoms with Gasteiger partial charge in [-0.3, -0.25) is 19.2 Å². The van der Waals surface area contributed by atoms with Crippen molar-refractivity contribution < 1.29 is 29.1 Å². The van der Waals surface area contributed by atoms with Crippen LogP contribution in [0.25, 0.3) is 0 Å². The van der Waals surface area contributed by atoms with Gasteiger partial charge in [-0.2, -0.15) is 0 Å². The van der Waals surface area contributed by atoms with Crippen molar-refractivity contribution in [2.75, 3.05) is 12.3 Å². The zero-order valence-electron chi connectivity index (χ0n) is 17.0. The number of hydrogen-bond donors (Lipinski definition) is 4. The number of carboxylic acid groups (broad SMARTS) is 1. The molecule has 1 heterocycles. The second kappa shape index (κ2) is 10.8. The number of nitrogen functional groups attached to an aromatic ring is 1. The average molecular weight is 453 g/mol. The van der Waals surface area contributed by atoms with Gasteiger partial charge < -0.3 is 31.2 Å². The van der Waals surface area contributed by atoms with E-state index >= 15 is 0 Å². The maximum absolute atomic E-state index is 13.0. The second-order valence-electron chi connectivity index (χ2n) is 7.32. The van der Waals surface area contributed by atoms with E-state index in [2.05, 4.69) is 10.6 Å². The number of nitrogens with two attached hydrogens (primary N) is 1. The van der Waals surface area contributed by atoms with E-state index in [1.54, 1.807) is 0 Å². The third-order valence-corrected chi connectivity index (χ3v) is 5.28. The first-order valence-electron chi connectivity index (χ1n) is 9.77. The first kappa shape index (κ1) is 24.1. The number of amides is 3. The zero-order valence-corrected chi connectivity index (χ0v) is 17.7. The fraction of sp³-hybridized carbons (Fsp3) is 0.450. The topological polar surface area (TPSA) is 159 Å². The lowest BCUT2D eigenvalue weighted by Gasteiger charge is -2.36. The molecule has 5 N–H and O–H groups in total. The maximum Gasteiger partial charge on any atom is 0.305 e.